The number of hydrogen-bond donors (Lipinski definition) is 0. The molecule has 0 spiro atoms. The van der Waals surface area contributed by atoms with Crippen molar-refractivity contribution in [2.45, 2.75) is 19.3 Å². The lowest BCUT2D eigenvalue weighted by molar-refractivity contribution is 0.454. The highest BCUT2D eigenvalue weighted by Crippen LogP contribution is 2.22. The Morgan fingerprint density at radius 3 is 2.84 bits per heavy atom. The topological polar surface area (TPSA) is 64.3 Å². The van der Waals surface area contributed by atoms with Crippen molar-refractivity contribution in [3.63, 3.8) is 0 Å². The first kappa shape index (κ1) is 12.9. The highest BCUT2D eigenvalue weighted by molar-refractivity contribution is 7.91. The maximum Gasteiger partial charge on any atom is 0.157 e. The second kappa shape index (κ2) is 4.76. The molecule has 1 saturated heterocycles. The van der Waals surface area contributed by atoms with E-state index in [0.29, 0.717) is 23.8 Å². The van der Waals surface area contributed by atoms with Crippen molar-refractivity contribution in [2.24, 2.45) is 5.92 Å². The fraction of sp³-hybridized carbons (Fsp3) is 0.500. The van der Waals surface area contributed by atoms with Crippen LogP contribution in [0.3, 0.4) is 0 Å². The van der Waals surface area contributed by atoms with Crippen molar-refractivity contribution < 1.29 is 8.42 Å². The maximum atomic E-state index is 11.4. The molecule has 0 bridgehead atoms. The molecular weight excluding hydrogens is 286 g/mol. The molecule has 19 heavy (non-hydrogen) atoms. The van der Waals surface area contributed by atoms with Gasteiger partial charge in [0, 0.05) is 23.7 Å². The number of halogens is 1. The summed E-state index contributed by atoms with van der Waals surface area (Å²) in [6.45, 7) is 0. The predicted octanol–water partition coefficient (Wildman–Crippen LogP) is 1.75. The van der Waals surface area contributed by atoms with Crippen molar-refractivity contribution >= 4 is 27.1 Å². The first-order valence-electron chi connectivity index (χ1n) is 6.23. The summed E-state index contributed by atoms with van der Waals surface area (Å²) < 4.78 is 24.4. The minimum absolute atomic E-state index is 0.289. The number of fused-ring (bicyclic) bond motifs is 1. The van der Waals surface area contributed by atoms with Crippen LogP contribution in [0.25, 0.3) is 5.65 Å². The van der Waals surface area contributed by atoms with Gasteiger partial charge in [0.2, 0.25) is 0 Å². The molecular formula is C12H14ClN3O2S. The Bertz CT molecular complexity index is 697. The first-order valence-corrected chi connectivity index (χ1v) is 8.43. The van der Waals surface area contributed by atoms with E-state index >= 15 is 0 Å². The molecule has 7 heteroatoms. The zero-order chi connectivity index (χ0) is 13.5. The van der Waals surface area contributed by atoms with Crippen LogP contribution in [0.5, 0.6) is 0 Å². The van der Waals surface area contributed by atoms with Gasteiger partial charge in [-0.2, -0.15) is 5.10 Å². The molecule has 5 nitrogen and oxygen atoms in total. The SMILES string of the molecule is O=S1(=O)CCC(Cc2nc3cc(Cl)ccn3n2)CC1. The summed E-state index contributed by atoms with van der Waals surface area (Å²) in [6, 6.07) is 3.53. The van der Waals surface area contributed by atoms with Crippen molar-refractivity contribution in [3.8, 4) is 0 Å². The van der Waals surface area contributed by atoms with Crippen molar-refractivity contribution in [1.82, 2.24) is 14.6 Å². The second-order valence-corrected chi connectivity index (χ2v) is 7.72. The van der Waals surface area contributed by atoms with Crippen molar-refractivity contribution in [1.29, 1.82) is 0 Å². The summed E-state index contributed by atoms with van der Waals surface area (Å²) in [6.07, 6.45) is 3.92. The van der Waals surface area contributed by atoms with Gasteiger partial charge in [0.25, 0.3) is 0 Å². The van der Waals surface area contributed by atoms with E-state index in [1.807, 2.05) is 0 Å². The van der Waals surface area contributed by atoms with E-state index in [0.717, 1.165) is 17.9 Å². The molecule has 2 aromatic heterocycles. The Morgan fingerprint density at radius 2 is 2.11 bits per heavy atom. The Morgan fingerprint density at radius 1 is 1.37 bits per heavy atom. The number of sulfone groups is 1. The number of pyridine rings is 1. The second-order valence-electron chi connectivity index (χ2n) is 4.98. The summed E-state index contributed by atoms with van der Waals surface area (Å²) in [4.78, 5) is 4.42. The average Bonchev–Trinajstić information content (AvgIpc) is 2.73. The van der Waals surface area contributed by atoms with Gasteiger partial charge in [-0.1, -0.05) is 11.6 Å². The van der Waals surface area contributed by atoms with Gasteiger partial charge < -0.3 is 0 Å². The van der Waals surface area contributed by atoms with Gasteiger partial charge in [-0.25, -0.2) is 17.9 Å². The van der Waals surface area contributed by atoms with E-state index < -0.39 is 9.84 Å². The molecule has 2 aromatic rings. The molecule has 3 rings (SSSR count). The molecule has 0 aromatic carbocycles. The highest BCUT2D eigenvalue weighted by Gasteiger charge is 2.24. The summed E-state index contributed by atoms with van der Waals surface area (Å²) >= 11 is 5.90. The molecule has 0 aliphatic carbocycles. The predicted molar refractivity (Wildman–Crippen MR) is 73.1 cm³/mol. The van der Waals surface area contributed by atoms with Gasteiger partial charge in [-0.05, 0) is 24.8 Å². The van der Waals surface area contributed by atoms with Crippen LogP contribution < -0.4 is 0 Å². The third-order valence-corrected chi connectivity index (χ3v) is 5.44. The summed E-state index contributed by atoms with van der Waals surface area (Å²) in [5.41, 5.74) is 0.728. The molecule has 0 radical (unpaired) electrons. The van der Waals surface area contributed by atoms with Crippen LogP contribution >= 0.6 is 11.6 Å². The van der Waals surface area contributed by atoms with Crippen LogP contribution in [0.1, 0.15) is 18.7 Å². The fourth-order valence-corrected chi connectivity index (χ4v) is 4.13. The Labute approximate surface area is 116 Å². The molecule has 0 N–H and O–H groups in total. The van der Waals surface area contributed by atoms with E-state index in [9.17, 15) is 8.42 Å². The number of nitrogens with zero attached hydrogens (tertiary/aromatic N) is 3. The number of rotatable bonds is 2. The average molecular weight is 300 g/mol. The van der Waals surface area contributed by atoms with Gasteiger partial charge >= 0.3 is 0 Å². The molecule has 0 saturated carbocycles. The lowest BCUT2D eigenvalue weighted by Crippen LogP contribution is -2.24. The molecule has 0 unspecified atom stereocenters. The molecule has 1 aliphatic rings. The van der Waals surface area contributed by atoms with Crippen LogP contribution in [0, 0.1) is 5.92 Å². The van der Waals surface area contributed by atoms with Crippen molar-refractivity contribution in [2.75, 3.05) is 11.5 Å². The molecule has 1 aliphatic heterocycles. The normalized spacial score (nSPS) is 19.8. The van der Waals surface area contributed by atoms with Crippen LogP contribution in [-0.4, -0.2) is 34.5 Å². The van der Waals surface area contributed by atoms with Crippen molar-refractivity contribution in [3.05, 3.63) is 29.2 Å². The first-order chi connectivity index (χ1) is 9.02. The minimum atomic E-state index is -2.80. The lowest BCUT2D eigenvalue weighted by Gasteiger charge is -2.20. The van der Waals surface area contributed by atoms with Crippen LogP contribution in [0.15, 0.2) is 18.3 Å². The fourth-order valence-electron chi connectivity index (χ4n) is 2.39. The Balaban J connectivity index is 1.75. The Kier molecular flexibility index (Phi) is 3.22. The summed E-state index contributed by atoms with van der Waals surface area (Å²) in [7, 11) is -2.80. The zero-order valence-corrected chi connectivity index (χ0v) is 11.9. The summed E-state index contributed by atoms with van der Waals surface area (Å²) in [5.74, 6) is 1.69. The van der Waals surface area contributed by atoms with E-state index in [2.05, 4.69) is 10.1 Å². The third-order valence-electron chi connectivity index (χ3n) is 3.49. The maximum absolute atomic E-state index is 11.4. The van der Waals surface area contributed by atoms with E-state index in [1.54, 1.807) is 22.8 Å². The van der Waals surface area contributed by atoms with Gasteiger partial charge in [0.1, 0.15) is 9.84 Å². The van der Waals surface area contributed by atoms with Crippen LogP contribution in [-0.2, 0) is 16.3 Å². The smallest absolute Gasteiger partial charge is 0.157 e. The van der Waals surface area contributed by atoms with E-state index in [1.165, 1.54) is 0 Å². The van der Waals surface area contributed by atoms with Crippen LogP contribution in [0.4, 0.5) is 0 Å². The Hall–Kier alpha value is -1.14. The molecule has 3 heterocycles. The van der Waals surface area contributed by atoms with E-state index in [4.69, 9.17) is 11.6 Å². The quantitative estimate of drug-likeness (QED) is 0.847. The van der Waals surface area contributed by atoms with Gasteiger partial charge in [-0.3, -0.25) is 0 Å². The largest absolute Gasteiger partial charge is 0.229 e. The highest BCUT2D eigenvalue weighted by atomic mass is 35.5. The summed E-state index contributed by atoms with van der Waals surface area (Å²) in [5, 5.41) is 5.02. The van der Waals surface area contributed by atoms with E-state index in [-0.39, 0.29) is 11.5 Å². The third kappa shape index (κ3) is 2.90. The minimum Gasteiger partial charge on any atom is -0.229 e. The number of hydrogen-bond acceptors (Lipinski definition) is 4. The van der Waals surface area contributed by atoms with Gasteiger partial charge in [0.05, 0.1) is 11.5 Å². The van der Waals surface area contributed by atoms with Crippen LogP contribution in [0.2, 0.25) is 5.02 Å². The molecule has 0 atom stereocenters. The standard InChI is InChI=1S/C12H14ClN3O2S/c13-10-1-4-16-12(8-10)14-11(15-16)7-9-2-5-19(17,18)6-3-9/h1,4,8-9H,2-3,5-7H2. The van der Waals surface area contributed by atoms with Gasteiger partial charge in [0.15, 0.2) is 11.5 Å². The molecule has 0 amide bonds. The monoisotopic (exact) mass is 299 g/mol. The molecule has 102 valence electrons. The zero-order valence-electron chi connectivity index (χ0n) is 10.3. The molecule has 1 fully saturated rings. The lowest BCUT2D eigenvalue weighted by atomic mass is 9.99. The number of aromatic nitrogens is 3. The van der Waals surface area contributed by atoms with Gasteiger partial charge in [-0.15, -0.1) is 0 Å².